The number of aryl methyl sites for hydroxylation is 1. The number of benzene rings is 2. The Morgan fingerprint density at radius 2 is 1.50 bits per heavy atom. The fourth-order valence-electron chi connectivity index (χ4n) is 4.80. The van der Waals surface area contributed by atoms with Crippen LogP contribution in [0.1, 0.15) is 23.1 Å². The number of rotatable bonds is 8. The quantitative estimate of drug-likeness (QED) is 0.629. The van der Waals surface area contributed by atoms with Crippen LogP contribution in [0.4, 0.5) is 5.69 Å². The fourth-order valence-corrected chi connectivity index (χ4v) is 4.80. The monoisotopic (exact) mass is 463 g/mol. The van der Waals surface area contributed by atoms with Gasteiger partial charge >= 0.3 is 0 Å². The van der Waals surface area contributed by atoms with Crippen LogP contribution in [-0.4, -0.2) is 84.9 Å². The molecule has 1 atom stereocenters. The minimum absolute atomic E-state index is 0.0150. The van der Waals surface area contributed by atoms with E-state index in [-0.39, 0.29) is 17.9 Å². The molecule has 34 heavy (non-hydrogen) atoms. The number of hydrogen-bond donors (Lipinski definition) is 2. The van der Waals surface area contributed by atoms with Gasteiger partial charge in [-0.15, -0.1) is 0 Å². The number of nitrogens with zero attached hydrogens (tertiary/aromatic N) is 3. The maximum absolute atomic E-state index is 12.6. The molecule has 4 rings (SSSR count). The first-order valence-corrected chi connectivity index (χ1v) is 12.3. The number of carbonyl (C=O) groups excluding carboxylic acids is 2. The van der Waals surface area contributed by atoms with E-state index in [2.05, 4.69) is 49.6 Å². The Bertz CT molecular complexity index is 972. The molecule has 2 amide bonds. The Morgan fingerprint density at radius 1 is 0.824 bits per heavy atom. The van der Waals surface area contributed by atoms with Crippen LogP contribution in [0.15, 0.2) is 48.5 Å². The predicted octanol–water partition coefficient (Wildman–Crippen LogP) is 2.25. The molecule has 0 saturated carbocycles. The summed E-state index contributed by atoms with van der Waals surface area (Å²) in [6.45, 7) is 10.9. The zero-order valence-corrected chi connectivity index (χ0v) is 20.4. The topological polar surface area (TPSA) is 67.9 Å². The molecule has 2 saturated heterocycles. The van der Waals surface area contributed by atoms with Gasteiger partial charge < -0.3 is 10.6 Å². The Hall–Kier alpha value is -2.74. The molecule has 2 aliphatic rings. The molecule has 0 radical (unpaired) electrons. The first kappa shape index (κ1) is 24.4. The Morgan fingerprint density at radius 3 is 2.21 bits per heavy atom. The molecule has 2 heterocycles. The summed E-state index contributed by atoms with van der Waals surface area (Å²) in [7, 11) is 0. The van der Waals surface area contributed by atoms with Crippen LogP contribution in [0.25, 0.3) is 0 Å². The van der Waals surface area contributed by atoms with E-state index in [0.717, 1.165) is 63.5 Å². The number of carbonyl (C=O) groups is 2. The summed E-state index contributed by atoms with van der Waals surface area (Å²) in [4.78, 5) is 31.9. The number of hydrogen-bond acceptors (Lipinski definition) is 5. The van der Waals surface area contributed by atoms with E-state index in [4.69, 9.17) is 0 Å². The molecule has 0 spiro atoms. The molecular weight excluding hydrogens is 426 g/mol. The normalized spacial score (nSPS) is 19.8. The maximum Gasteiger partial charge on any atom is 0.238 e. The molecule has 0 aliphatic carbocycles. The van der Waals surface area contributed by atoms with Crippen molar-refractivity contribution in [2.24, 2.45) is 0 Å². The van der Waals surface area contributed by atoms with Gasteiger partial charge in [0.05, 0.1) is 13.1 Å². The second-order valence-electron chi connectivity index (χ2n) is 9.62. The zero-order valence-electron chi connectivity index (χ0n) is 20.4. The summed E-state index contributed by atoms with van der Waals surface area (Å²) in [6.07, 6.45) is 1.00. The Kier molecular flexibility index (Phi) is 8.32. The molecule has 2 N–H and O–H groups in total. The standard InChI is InChI=1S/C27H37N5O2/c1-21-7-6-10-25(22(21)2)29-27(34)20-31-15-13-30(14-16-31)19-26(33)28-24-11-12-32(18-24)17-23-8-4-3-5-9-23/h3-10,24H,11-20H2,1-2H3,(H,28,33)(H,29,34). The SMILES string of the molecule is Cc1cccc(NC(=O)CN2CCN(CC(=O)NC3CCN(Cc4ccccc4)C3)CC2)c1C. The number of nitrogens with one attached hydrogen (secondary N) is 2. The summed E-state index contributed by atoms with van der Waals surface area (Å²) in [5, 5.41) is 6.26. The van der Waals surface area contributed by atoms with Gasteiger partial charge in [0.2, 0.25) is 11.8 Å². The number of piperazine rings is 1. The highest BCUT2D eigenvalue weighted by Gasteiger charge is 2.26. The van der Waals surface area contributed by atoms with Gasteiger partial charge in [0.1, 0.15) is 0 Å². The third-order valence-electron chi connectivity index (χ3n) is 6.96. The minimum Gasteiger partial charge on any atom is -0.351 e. The van der Waals surface area contributed by atoms with Crippen LogP contribution < -0.4 is 10.6 Å². The third kappa shape index (κ3) is 6.88. The molecule has 2 aromatic carbocycles. The van der Waals surface area contributed by atoms with Gasteiger partial charge in [0, 0.05) is 57.5 Å². The molecule has 2 fully saturated rings. The first-order chi connectivity index (χ1) is 16.5. The summed E-state index contributed by atoms with van der Waals surface area (Å²) >= 11 is 0. The smallest absolute Gasteiger partial charge is 0.238 e. The van der Waals surface area contributed by atoms with Crippen molar-refractivity contribution in [3.63, 3.8) is 0 Å². The highest BCUT2D eigenvalue weighted by Crippen LogP contribution is 2.18. The van der Waals surface area contributed by atoms with Gasteiger partial charge in [-0.2, -0.15) is 0 Å². The van der Waals surface area contributed by atoms with Crippen molar-refractivity contribution in [2.45, 2.75) is 32.9 Å². The van der Waals surface area contributed by atoms with E-state index < -0.39 is 0 Å². The van der Waals surface area contributed by atoms with E-state index in [1.54, 1.807) is 0 Å². The lowest BCUT2D eigenvalue weighted by atomic mass is 10.1. The molecule has 2 aliphatic heterocycles. The van der Waals surface area contributed by atoms with Gasteiger partial charge in [0.15, 0.2) is 0 Å². The van der Waals surface area contributed by atoms with Crippen molar-refractivity contribution in [3.05, 3.63) is 65.2 Å². The van der Waals surface area contributed by atoms with Crippen molar-refractivity contribution >= 4 is 17.5 Å². The lowest BCUT2D eigenvalue weighted by molar-refractivity contribution is -0.124. The summed E-state index contributed by atoms with van der Waals surface area (Å²) in [5.41, 5.74) is 4.48. The largest absolute Gasteiger partial charge is 0.351 e. The summed E-state index contributed by atoms with van der Waals surface area (Å²) < 4.78 is 0. The second kappa shape index (κ2) is 11.6. The fraction of sp³-hybridized carbons (Fsp3) is 0.481. The number of likely N-dealkylation sites (tertiary alicyclic amines) is 1. The molecule has 0 bridgehead atoms. The van der Waals surface area contributed by atoms with Crippen molar-refractivity contribution in [3.8, 4) is 0 Å². The molecule has 1 unspecified atom stereocenters. The average molecular weight is 464 g/mol. The van der Waals surface area contributed by atoms with Gasteiger partial charge in [-0.1, -0.05) is 42.5 Å². The predicted molar refractivity (Wildman–Crippen MR) is 136 cm³/mol. The van der Waals surface area contributed by atoms with E-state index in [0.29, 0.717) is 13.1 Å². The molecule has 7 heteroatoms. The van der Waals surface area contributed by atoms with Crippen LogP contribution in [-0.2, 0) is 16.1 Å². The van der Waals surface area contributed by atoms with Crippen LogP contribution >= 0.6 is 0 Å². The molecule has 0 aromatic heterocycles. The number of anilines is 1. The van der Waals surface area contributed by atoms with Crippen molar-refractivity contribution in [1.29, 1.82) is 0 Å². The third-order valence-corrected chi connectivity index (χ3v) is 6.96. The molecule has 7 nitrogen and oxygen atoms in total. The summed E-state index contributed by atoms with van der Waals surface area (Å²) in [6, 6.07) is 16.7. The highest BCUT2D eigenvalue weighted by molar-refractivity contribution is 5.93. The Labute approximate surface area is 203 Å². The van der Waals surface area contributed by atoms with E-state index in [9.17, 15) is 9.59 Å². The van der Waals surface area contributed by atoms with E-state index in [1.807, 2.05) is 38.1 Å². The lowest BCUT2D eigenvalue weighted by Crippen LogP contribution is -2.52. The van der Waals surface area contributed by atoms with Gasteiger partial charge in [0.25, 0.3) is 0 Å². The molecular formula is C27H37N5O2. The van der Waals surface area contributed by atoms with E-state index >= 15 is 0 Å². The first-order valence-electron chi connectivity index (χ1n) is 12.3. The van der Waals surface area contributed by atoms with Crippen molar-refractivity contribution < 1.29 is 9.59 Å². The van der Waals surface area contributed by atoms with E-state index in [1.165, 1.54) is 11.1 Å². The summed E-state index contributed by atoms with van der Waals surface area (Å²) in [5.74, 6) is 0.119. The van der Waals surface area contributed by atoms with Crippen LogP contribution in [0.5, 0.6) is 0 Å². The minimum atomic E-state index is 0.0150. The van der Waals surface area contributed by atoms with Gasteiger partial charge in [-0.3, -0.25) is 24.3 Å². The van der Waals surface area contributed by atoms with Crippen molar-refractivity contribution in [2.75, 3.05) is 57.7 Å². The number of amides is 2. The van der Waals surface area contributed by atoms with Crippen LogP contribution in [0.2, 0.25) is 0 Å². The second-order valence-corrected chi connectivity index (χ2v) is 9.62. The van der Waals surface area contributed by atoms with Crippen LogP contribution in [0, 0.1) is 13.8 Å². The highest BCUT2D eigenvalue weighted by atomic mass is 16.2. The maximum atomic E-state index is 12.6. The molecule has 182 valence electrons. The van der Waals surface area contributed by atoms with Crippen LogP contribution in [0.3, 0.4) is 0 Å². The Balaban J connectivity index is 1.13. The van der Waals surface area contributed by atoms with Crippen molar-refractivity contribution in [1.82, 2.24) is 20.0 Å². The van der Waals surface area contributed by atoms with Gasteiger partial charge in [-0.25, -0.2) is 0 Å². The zero-order chi connectivity index (χ0) is 23.9. The molecule has 2 aromatic rings. The average Bonchev–Trinajstić information content (AvgIpc) is 3.25. The van der Waals surface area contributed by atoms with Gasteiger partial charge in [-0.05, 0) is 43.0 Å². The lowest BCUT2D eigenvalue weighted by Gasteiger charge is -2.34.